The predicted octanol–water partition coefficient (Wildman–Crippen LogP) is 5.26. The monoisotopic (exact) mass is 288 g/mol. The molecule has 0 aromatic heterocycles. The van der Waals surface area contributed by atoms with Gasteiger partial charge in [0.1, 0.15) is 6.61 Å². The number of carbonyl (C=O) groups is 1. The van der Waals surface area contributed by atoms with Crippen LogP contribution in [-0.4, -0.2) is 5.97 Å². The molecule has 0 spiro atoms. The largest absolute Gasteiger partial charge is 0.461 e. The van der Waals surface area contributed by atoms with Crippen molar-refractivity contribution >= 4 is 5.97 Å². The first-order valence-electron chi connectivity index (χ1n) is 8.54. The fourth-order valence-corrected chi connectivity index (χ4v) is 3.17. The van der Waals surface area contributed by atoms with Crippen molar-refractivity contribution in [2.24, 2.45) is 5.92 Å². The van der Waals surface area contributed by atoms with Crippen molar-refractivity contribution in [3.63, 3.8) is 0 Å². The number of unbranched alkanes of at least 4 members (excludes halogenated alkanes) is 2. The summed E-state index contributed by atoms with van der Waals surface area (Å²) >= 11 is 0. The Morgan fingerprint density at radius 2 is 1.76 bits per heavy atom. The highest BCUT2D eigenvalue weighted by Gasteiger charge is 2.12. The SMILES string of the molecule is O=C(CCCCCC1CCCCC1)OCc1ccccc1. The van der Waals surface area contributed by atoms with Gasteiger partial charge in [0.2, 0.25) is 0 Å². The highest BCUT2D eigenvalue weighted by atomic mass is 16.5. The first-order chi connectivity index (χ1) is 10.3. The first-order valence-corrected chi connectivity index (χ1v) is 8.54. The fourth-order valence-electron chi connectivity index (χ4n) is 3.17. The van der Waals surface area contributed by atoms with Gasteiger partial charge in [-0.25, -0.2) is 0 Å². The summed E-state index contributed by atoms with van der Waals surface area (Å²) in [6.45, 7) is 0.405. The average molecular weight is 288 g/mol. The summed E-state index contributed by atoms with van der Waals surface area (Å²) in [5.41, 5.74) is 1.06. The molecular formula is C19H28O2. The molecule has 2 nitrogen and oxygen atoms in total. The van der Waals surface area contributed by atoms with Crippen LogP contribution in [0.1, 0.15) is 69.8 Å². The van der Waals surface area contributed by atoms with Gasteiger partial charge in [-0.15, -0.1) is 0 Å². The van der Waals surface area contributed by atoms with E-state index in [1.165, 1.54) is 44.9 Å². The van der Waals surface area contributed by atoms with Gasteiger partial charge >= 0.3 is 5.97 Å². The topological polar surface area (TPSA) is 26.3 Å². The van der Waals surface area contributed by atoms with E-state index in [9.17, 15) is 4.79 Å². The Hall–Kier alpha value is -1.31. The predicted molar refractivity (Wildman–Crippen MR) is 85.9 cm³/mol. The second-order valence-corrected chi connectivity index (χ2v) is 6.25. The summed E-state index contributed by atoms with van der Waals surface area (Å²) in [6, 6.07) is 9.87. The maximum Gasteiger partial charge on any atom is 0.306 e. The van der Waals surface area contributed by atoms with Gasteiger partial charge in [0.15, 0.2) is 0 Å². The van der Waals surface area contributed by atoms with Crippen LogP contribution >= 0.6 is 0 Å². The normalized spacial score (nSPS) is 15.8. The van der Waals surface area contributed by atoms with Crippen molar-refractivity contribution in [2.75, 3.05) is 0 Å². The molecule has 0 N–H and O–H groups in total. The number of carbonyl (C=O) groups excluding carboxylic acids is 1. The first kappa shape index (κ1) is 16.1. The Kier molecular flexibility index (Phi) is 7.34. The molecule has 0 atom stereocenters. The van der Waals surface area contributed by atoms with Crippen LogP contribution in [-0.2, 0) is 16.1 Å². The van der Waals surface area contributed by atoms with E-state index < -0.39 is 0 Å². The summed E-state index contributed by atoms with van der Waals surface area (Å²) in [5, 5.41) is 0. The van der Waals surface area contributed by atoms with Crippen LogP contribution < -0.4 is 0 Å². The molecule has 1 aromatic carbocycles. The Morgan fingerprint density at radius 3 is 2.52 bits per heavy atom. The number of benzene rings is 1. The smallest absolute Gasteiger partial charge is 0.306 e. The van der Waals surface area contributed by atoms with Gasteiger partial charge in [-0.05, 0) is 17.9 Å². The molecule has 0 amide bonds. The van der Waals surface area contributed by atoms with Crippen LogP contribution in [0.4, 0.5) is 0 Å². The zero-order chi connectivity index (χ0) is 14.8. The Morgan fingerprint density at radius 1 is 1.00 bits per heavy atom. The summed E-state index contributed by atoms with van der Waals surface area (Å²) in [7, 11) is 0. The van der Waals surface area contributed by atoms with Gasteiger partial charge in [-0.2, -0.15) is 0 Å². The minimum Gasteiger partial charge on any atom is -0.461 e. The lowest BCUT2D eigenvalue weighted by molar-refractivity contribution is -0.145. The van der Waals surface area contributed by atoms with Crippen molar-refractivity contribution in [3.8, 4) is 0 Å². The number of rotatable bonds is 8. The molecule has 2 rings (SSSR count). The second-order valence-electron chi connectivity index (χ2n) is 6.25. The van der Waals surface area contributed by atoms with Crippen LogP contribution in [0.25, 0.3) is 0 Å². The molecule has 2 heteroatoms. The summed E-state index contributed by atoms with van der Waals surface area (Å²) < 4.78 is 5.29. The van der Waals surface area contributed by atoms with Crippen molar-refractivity contribution in [1.82, 2.24) is 0 Å². The van der Waals surface area contributed by atoms with Gasteiger partial charge in [-0.1, -0.05) is 81.7 Å². The van der Waals surface area contributed by atoms with Crippen LogP contribution in [0, 0.1) is 5.92 Å². The highest BCUT2D eigenvalue weighted by molar-refractivity contribution is 5.69. The van der Waals surface area contributed by atoms with E-state index in [0.717, 1.165) is 24.3 Å². The third-order valence-corrected chi connectivity index (χ3v) is 4.46. The molecule has 1 aliphatic carbocycles. The maximum absolute atomic E-state index is 11.7. The summed E-state index contributed by atoms with van der Waals surface area (Å²) in [6.07, 6.45) is 12.5. The molecule has 1 saturated carbocycles. The minimum absolute atomic E-state index is 0.0588. The number of ether oxygens (including phenoxy) is 1. The number of hydrogen-bond acceptors (Lipinski definition) is 2. The Bertz CT molecular complexity index is 393. The minimum atomic E-state index is -0.0588. The van der Waals surface area contributed by atoms with Crippen LogP contribution in [0.3, 0.4) is 0 Å². The van der Waals surface area contributed by atoms with E-state index in [-0.39, 0.29) is 5.97 Å². The van der Waals surface area contributed by atoms with Gasteiger partial charge in [0.25, 0.3) is 0 Å². The van der Waals surface area contributed by atoms with E-state index in [0.29, 0.717) is 13.0 Å². The molecule has 0 heterocycles. The molecule has 116 valence electrons. The zero-order valence-corrected chi connectivity index (χ0v) is 13.1. The third kappa shape index (κ3) is 6.79. The lowest BCUT2D eigenvalue weighted by atomic mass is 9.85. The van der Waals surface area contributed by atoms with E-state index >= 15 is 0 Å². The molecule has 1 aromatic rings. The number of hydrogen-bond donors (Lipinski definition) is 0. The molecule has 21 heavy (non-hydrogen) atoms. The van der Waals surface area contributed by atoms with E-state index in [1.807, 2.05) is 30.3 Å². The Balaban J connectivity index is 1.47. The van der Waals surface area contributed by atoms with Crippen LogP contribution in [0.5, 0.6) is 0 Å². The van der Waals surface area contributed by atoms with E-state index in [1.54, 1.807) is 0 Å². The van der Waals surface area contributed by atoms with Crippen molar-refractivity contribution in [2.45, 2.75) is 70.8 Å². The lowest BCUT2D eigenvalue weighted by Crippen LogP contribution is -2.06. The number of esters is 1. The fraction of sp³-hybridized carbons (Fsp3) is 0.632. The Labute approximate surface area is 128 Å². The molecular weight excluding hydrogens is 260 g/mol. The van der Waals surface area contributed by atoms with Gasteiger partial charge in [0.05, 0.1) is 0 Å². The molecule has 0 unspecified atom stereocenters. The standard InChI is InChI=1S/C19H28O2/c20-19(21-16-18-13-7-2-8-14-18)15-9-3-6-12-17-10-4-1-5-11-17/h2,7-8,13-14,17H,1,3-6,9-12,15-16H2. The van der Waals surface area contributed by atoms with Crippen LogP contribution in [0.2, 0.25) is 0 Å². The molecule has 0 aliphatic heterocycles. The van der Waals surface area contributed by atoms with E-state index in [2.05, 4.69) is 0 Å². The molecule has 0 radical (unpaired) electrons. The van der Waals surface area contributed by atoms with Gasteiger partial charge in [0, 0.05) is 6.42 Å². The average Bonchev–Trinajstić information content (AvgIpc) is 2.54. The molecule has 1 fully saturated rings. The molecule has 0 bridgehead atoms. The molecule has 0 saturated heterocycles. The highest BCUT2D eigenvalue weighted by Crippen LogP contribution is 2.27. The van der Waals surface area contributed by atoms with Crippen molar-refractivity contribution < 1.29 is 9.53 Å². The van der Waals surface area contributed by atoms with Gasteiger partial charge < -0.3 is 4.74 Å². The second kappa shape index (κ2) is 9.59. The summed E-state index contributed by atoms with van der Waals surface area (Å²) in [5.74, 6) is 0.903. The quantitative estimate of drug-likeness (QED) is 0.481. The maximum atomic E-state index is 11.7. The lowest BCUT2D eigenvalue weighted by Gasteiger charge is -2.21. The summed E-state index contributed by atoms with van der Waals surface area (Å²) in [4.78, 5) is 11.7. The molecule has 1 aliphatic rings. The third-order valence-electron chi connectivity index (χ3n) is 4.46. The van der Waals surface area contributed by atoms with E-state index in [4.69, 9.17) is 4.74 Å². The van der Waals surface area contributed by atoms with Crippen LogP contribution in [0.15, 0.2) is 30.3 Å². The van der Waals surface area contributed by atoms with Crippen molar-refractivity contribution in [3.05, 3.63) is 35.9 Å². The zero-order valence-electron chi connectivity index (χ0n) is 13.1. The van der Waals surface area contributed by atoms with Crippen molar-refractivity contribution in [1.29, 1.82) is 0 Å². The van der Waals surface area contributed by atoms with Gasteiger partial charge in [-0.3, -0.25) is 4.79 Å².